The first-order valence-corrected chi connectivity index (χ1v) is 8.45. The van der Waals surface area contributed by atoms with Crippen LogP contribution < -0.4 is 4.90 Å². The zero-order chi connectivity index (χ0) is 18.1. The smallest absolute Gasteiger partial charge is 0.355 e. The summed E-state index contributed by atoms with van der Waals surface area (Å²) in [5.74, 6) is -1.71. The van der Waals surface area contributed by atoms with Crippen molar-refractivity contribution in [2.45, 2.75) is 13.8 Å². The van der Waals surface area contributed by atoms with Gasteiger partial charge in [0.25, 0.3) is 0 Å². The monoisotopic (exact) mass is 360 g/mol. The molecule has 1 aromatic heterocycles. The number of anilines is 1. The number of benzene rings is 2. The van der Waals surface area contributed by atoms with Crippen LogP contribution in [0.4, 0.5) is 10.1 Å². The number of carboxylic acid groups (broad SMARTS) is 1. The van der Waals surface area contributed by atoms with Gasteiger partial charge in [0.05, 0.1) is 21.6 Å². The van der Waals surface area contributed by atoms with Gasteiger partial charge in [-0.2, -0.15) is 0 Å². The summed E-state index contributed by atoms with van der Waals surface area (Å²) in [7, 11) is 0. The number of carbonyl (C=O) groups is 1. The second-order valence-corrected chi connectivity index (χ2v) is 6.01. The molecule has 3 aromatic rings. The standard InChI is InChI=1S/C19H18ClFN2O2/c1-3-22(4-2)17-15-14(11-10-13(20)16(15)21)23(18(17)19(24)25)12-8-6-5-7-9-12/h5-11H,3-4H2,1-2H3,(H,24,25). The summed E-state index contributed by atoms with van der Waals surface area (Å²) >= 11 is 5.99. The van der Waals surface area contributed by atoms with E-state index in [1.165, 1.54) is 6.07 Å². The maximum absolute atomic E-state index is 14.9. The Hall–Kier alpha value is -2.53. The van der Waals surface area contributed by atoms with Crippen LogP contribution in [0.2, 0.25) is 5.02 Å². The Morgan fingerprint density at radius 2 is 1.80 bits per heavy atom. The first-order valence-electron chi connectivity index (χ1n) is 8.07. The average Bonchev–Trinajstić information content (AvgIpc) is 2.96. The molecule has 0 aliphatic rings. The maximum atomic E-state index is 14.9. The molecule has 6 heteroatoms. The van der Waals surface area contributed by atoms with E-state index in [1.807, 2.05) is 36.9 Å². The summed E-state index contributed by atoms with van der Waals surface area (Å²) in [6.45, 7) is 4.92. The highest BCUT2D eigenvalue weighted by Crippen LogP contribution is 2.40. The lowest BCUT2D eigenvalue weighted by atomic mass is 10.2. The van der Waals surface area contributed by atoms with Gasteiger partial charge in [0.1, 0.15) is 0 Å². The van der Waals surface area contributed by atoms with Gasteiger partial charge in [-0.15, -0.1) is 0 Å². The summed E-state index contributed by atoms with van der Waals surface area (Å²) in [6.07, 6.45) is 0. The van der Waals surface area contributed by atoms with Gasteiger partial charge in [0, 0.05) is 18.8 Å². The van der Waals surface area contributed by atoms with Crippen LogP contribution in [0, 0.1) is 5.82 Å². The van der Waals surface area contributed by atoms with Crippen molar-refractivity contribution < 1.29 is 14.3 Å². The number of halogens is 2. The van der Waals surface area contributed by atoms with Crippen LogP contribution in [0.1, 0.15) is 24.3 Å². The predicted octanol–water partition coefficient (Wildman–Crippen LogP) is 4.97. The Kier molecular flexibility index (Phi) is 4.68. The number of aromatic nitrogens is 1. The van der Waals surface area contributed by atoms with Crippen molar-refractivity contribution in [3.8, 4) is 5.69 Å². The van der Waals surface area contributed by atoms with Gasteiger partial charge in [-0.25, -0.2) is 9.18 Å². The highest BCUT2D eigenvalue weighted by molar-refractivity contribution is 6.32. The van der Waals surface area contributed by atoms with E-state index in [4.69, 9.17) is 11.6 Å². The fourth-order valence-corrected chi connectivity index (χ4v) is 3.34. The van der Waals surface area contributed by atoms with Gasteiger partial charge >= 0.3 is 5.97 Å². The molecule has 0 aliphatic carbocycles. The number of fused-ring (bicyclic) bond motifs is 1. The second kappa shape index (κ2) is 6.76. The average molecular weight is 361 g/mol. The van der Waals surface area contributed by atoms with Gasteiger partial charge in [0.2, 0.25) is 0 Å². The van der Waals surface area contributed by atoms with Crippen molar-refractivity contribution in [3.63, 3.8) is 0 Å². The topological polar surface area (TPSA) is 45.5 Å². The van der Waals surface area contributed by atoms with Gasteiger partial charge in [0.15, 0.2) is 11.5 Å². The highest BCUT2D eigenvalue weighted by Gasteiger charge is 2.29. The minimum atomic E-state index is -1.11. The largest absolute Gasteiger partial charge is 0.476 e. The Morgan fingerprint density at radius 3 is 2.36 bits per heavy atom. The molecule has 0 spiro atoms. The molecule has 0 radical (unpaired) electrons. The van der Waals surface area contributed by atoms with Gasteiger partial charge in [-0.1, -0.05) is 29.8 Å². The lowest BCUT2D eigenvalue weighted by Gasteiger charge is -2.21. The molecule has 4 nitrogen and oxygen atoms in total. The van der Waals surface area contributed by atoms with Crippen molar-refractivity contribution in [3.05, 3.63) is 59.0 Å². The van der Waals surface area contributed by atoms with E-state index in [0.29, 0.717) is 30.0 Å². The molecule has 1 heterocycles. The lowest BCUT2D eigenvalue weighted by Crippen LogP contribution is -2.24. The third kappa shape index (κ3) is 2.74. The zero-order valence-electron chi connectivity index (χ0n) is 14.0. The lowest BCUT2D eigenvalue weighted by molar-refractivity contribution is 0.0689. The van der Waals surface area contributed by atoms with E-state index < -0.39 is 11.8 Å². The van der Waals surface area contributed by atoms with Gasteiger partial charge in [-0.3, -0.25) is 0 Å². The number of rotatable bonds is 5. The Labute approximate surface area is 150 Å². The third-order valence-electron chi connectivity index (χ3n) is 4.30. The molecule has 130 valence electrons. The molecule has 0 saturated heterocycles. The normalized spacial score (nSPS) is 11.0. The van der Waals surface area contributed by atoms with E-state index in [1.54, 1.807) is 22.8 Å². The SMILES string of the molecule is CCN(CC)c1c(C(=O)O)n(-c2ccccc2)c2ccc(Cl)c(F)c12. The maximum Gasteiger partial charge on any atom is 0.355 e. The van der Waals surface area contributed by atoms with Crippen molar-refractivity contribution in [1.82, 2.24) is 4.57 Å². The highest BCUT2D eigenvalue weighted by atomic mass is 35.5. The number of carboxylic acids is 1. The van der Waals surface area contributed by atoms with Crippen molar-refractivity contribution >= 4 is 34.2 Å². The number of para-hydroxylation sites is 1. The molecule has 0 unspecified atom stereocenters. The van der Waals surface area contributed by atoms with Crippen LogP contribution in [0.15, 0.2) is 42.5 Å². The minimum absolute atomic E-state index is 0.0249. The molecule has 2 aromatic carbocycles. The molecule has 3 rings (SSSR count). The Bertz CT molecular complexity index is 934. The first kappa shape index (κ1) is 17.3. The van der Waals surface area contributed by atoms with Gasteiger partial charge in [-0.05, 0) is 38.1 Å². The quantitative estimate of drug-likeness (QED) is 0.698. The van der Waals surface area contributed by atoms with Crippen LogP contribution >= 0.6 is 11.6 Å². The molecular formula is C19H18ClFN2O2. The van der Waals surface area contributed by atoms with Crippen LogP contribution in [0.5, 0.6) is 0 Å². The number of aromatic carboxylic acids is 1. The number of hydrogen-bond donors (Lipinski definition) is 1. The molecular weight excluding hydrogens is 343 g/mol. The molecule has 0 atom stereocenters. The molecule has 0 bridgehead atoms. The molecule has 0 saturated carbocycles. The van der Waals surface area contributed by atoms with E-state index in [9.17, 15) is 14.3 Å². The van der Waals surface area contributed by atoms with Crippen LogP contribution in [0.25, 0.3) is 16.6 Å². The van der Waals surface area contributed by atoms with Gasteiger partial charge < -0.3 is 14.6 Å². The van der Waals surface area contributed by atoms with E-state index in [-0.39, 0.29) is 16.1 Å². The summed E-state index contributed by atoms with van der Waals surface area (Å²) in [6, 6.07) is 12.2. The van der Waals surface area contributed by atoms with Crippen molar-refractivity contribution in [1.29, 1.82) is 0 Å². The number of nitrogens with zero attached hydrogens (tertiary/aromatic N) is 2. The van der Waals surface area contributed by atoms with E-state index in [2.05, 4.69) is 0 Å². The summed E-state index contributed by atoms with van der Waals surface area (Å²) in [4.78, 5) is 14.0. The molecule has 0 fully saturated rings. The van der Waals surface area contributed by atoms with Crippen LogP contribution in [-0.2, 0) is 0 Å². The minimum Gasteiger partial charge on any atom is -0.476 e. The van der Waals surface area contributed by atoms with Crippen molar-refractivity contribution in [2.75, 3.05) is 18.0 Å². The molecule has 0 aliphatic heterocycles. The van der Waals surface area contributed by atoms with Crippen LogP contribution in [-0.4, -0.2) is 28.7 Å². The van der Waals surface area contributed by atoms with E-state index >= 15 is 0 Å². The van der Waals surface area contributed by atoms with Crippen molar-refractivity contribution in [2.24, 2.45) is 0 Å². The fourth-order valence-electron chi connectivity index (χ4n) is 3.19. The van der Waals surface area contributed by atoms with Crippen LogP contribution in [0.3, 0.4) is 0 Å². The summed E-state index contributed by atoms with van der Waals surface area (Å²) in [5.41, 5.74) is 1.53. The molecule has 25 heavy (non-hydrogen) atoms. The Morgan fingerprint density at radius 1 is 1.16 bits per heavy atom. The number of hydrogen-bond acceptors (Lipinski definition) is 2. The summed E-state index contributed by atoms with van der Waals surface area (Å²) in [5, 5.41) is 10.1. The summed E-state index contributed by atoms with van der Waals surface area (Å²) < 4.78 is 16.5. The first-order chi connectivity index (χ1) is 12.0. The Balaban J connectivity index is 2.53. The fraction of sp³-hybridized carbons (Fsp3) is 0.211. The van der Waals surface area contributed by atoms with E-state index in [0.717, 1.165) is 0 Å². The third-order valence-corrected chi connectivity index (χ3v) is 4.59. The second-order valence-electron chi connectivity index (χ2n) is 5.60. The molecule has 0 amide bonds. The zero-order valence-corrected chi connectivity index (χ0v) is 14.7. The molecule has 1 N–H and O–H groups in total. The predicted molar refractivity (Wildman–Crippen MR) is 98.8 cm³/mol.